The fraction of sp³-hybridized carbons (Fsp3) is 0.693. The molecule has 0 rings (SSSR count). The lowest BCUT2D eigenvalue weighted by atomic mass is 10.1. The summed E-state index contributed by atoms with van der Waals surface area (Å²) in [6, 6.07) is 0. The van der Waals surface area contributed by atoms with Gasteiger partial charge < -0.3 is 14.2 Å². The molecule has 1 atom stereocenters. The molecule has 1 unspecified atom stereocenters. The molecule has 0 aromatic heterocycles. The molecule has 81 heavy (non-hydrogen) atoms. The Bertz CT molecular complexity index is 1670. The van der Waals surface area contributed by atoms with Gasteiger partial charge in [0.2, 0.25) is 0 Å². The average molecular weight is 1120 g/mol. The van der Waals surface area contributed by atoms with Crippen LogP contribution in [0.3, 0.4) is 0 Å². The zero-order valence-electron chi connectivity index (χ0n) is 53.0. The van der Waals surface area contributed by atoms with Gasteiger partial charge >= 0.3 is 17.9 Å². The van der Waals surface area contributed by atoms with Crippen LogP contribution >= 0.6 is 0 Å². The molecule has 6 nitrogen and oxygen atoms in total. The Labute approximate surface area is 501 Å². The normalized spacial score (nSPS) is 12.9. The van der Waals surface area contributed by atoms with Gasteiger partial charge in [-0.3, -0.25) is 14.4 Å². The summed E-state index contributed by atoms with van der Waals surface area (Å²) in [5.74, 6) is -0.905. The number of allylic oxidation sites excluding steroid dienone is 20. The fourth-order valence-electron chi connectivity index (χ4n) is 9.33. The van der Waals surface area contributed by atoms with Crippen molar-refractivity contribution in [2.45, 2.75) is 322 Å². The third kappa shape index (κ3) is 66.5. The van der Waals surface area contributed by atoms with Gasteiger partial charge in [0.05, 0.1) is 0 Å². The number of carbonyl (C=O) groups is 3. The second-order valence-electron chi connectivity index (χ2n) is 22.3. The molecule has 0 bridgehead atoms. The van der Waals surface area contributed by atoms with E-state index < -0.39 is 6.10 Å². The number of esters is 3. The van der Waals surface area contributed by atoms with E-state index in [1.165, 1.54) is 141 Å². The predicted octanol–water partition coefficient (Wildman–Crippen LogP) is 23.6. The molecule has 0 saturated carbocycles. The van der Waals surface area contributed by atoms with E-state index in [-0.39, 0.29) is 31.1 Å². The number of rotatable bonds is 61. The summed E-state index contributed by atoms with van der Waals surface area (Å²) >= 11 is 0. The molecule has 0 fully saturated rings. The Balaban J connectivity index is 4.30. The highest BCUT2D eigenvalue weighted by atomic mass is 16.6. The van der Waals surface area contributed by atoms with Crippen molar-refractivity contribution < 1.29 is 28.6 Å². The van der Waals surface area contributed by atoms with Crippen molar-refractivity contribution >= 4 is 17.9 Å². The van der Waals surface area contributed by atoms with Crippen LogP contribution in [0, 0.1) is 0 Å². The Morgan fingerprint density at radius 2 is 0.481 bits per heavy atom. The fourth-order valence-corrected chi connectivity index (χ4v) is 9.33. The van der Waals surface area contributed by atoms with E-state index in [0.29, 0.717) is 19.3 Å². The molecule has 0 aromatic rings. The Hall–Kier alpha value is -4.19. The molecular formula is C75H126O6. The summed E-state index contributed by atoms with van der Waals surface area (Å²) in [5, 5.41) is 0. The standard InChI is InChI=1S/C75H126O6/c1-4-7-10-13-16-19-22-25-28-30-31-32-33-34-35-36-37-38-39-40-41-42-43-44-45-46-48-50-53-56-59-62-65-68-74(77)80-71-72(70-79-73(76)67-64-61-58-55-52-49-27-24-21-18-15-12-9-6-3)81-75(78)69-66-63-60-57-54-51-47-29-26-23-20-17-14-11-8-5-2/h7,10,16,19,24-25,27-29,31-32,34-35,37-38,40-41,43-44,47,72H,4-6,8-9,11-15,17-18,20-23,26,30,33,36,39,42,45-46,48-71H2,1-3H3/b10-7-,19-16-,27-24-,28-25-,32-31-,35-34-,38-37-,41-40-,44-43-,47-29-. The van der Waals surface area contributed by atoms with Crippen LogP contribution in [0.15, 0.2) is 122 Å². The van der Waals surface area contributed by atoms with Crippen LogP contribution in [0.2, 0.25) is 0 Å². The van der Waals surface area contributed by atoms with E-state index in [2.05, 4.69) is 142 Å². The van der Waals surface area contributed by atoms with E-state index in [9.17, 15) is 14.4 Å². The molecule has 0 N–H and O–H groups in total. The molecule has 6 heteroatoms. The maximum absolute atomic E-state index is 12.9. The number of unbranched alkanes of at least 4 members (excludes halogenated alkanes) is 30. The maximum atomic E-state index is 12.9. The smallest absolute Gasteiger partial charge is 0.306 e. The SMILES string of the molecule is CC/C=C\C/C=C\C/C=C\C/C=C\C/C=C\C/C=C\C/C=C\C/C=C\CCCCCCCCCCC(=O)OCC(COC(=O)CCCCCCC/C=C\CCCCCCC)OC(=O)CCCCCCC/C=C\CCCCCCCCC. The second kappa shape index (κ2) is 68.3. The molecule has 0 aliphatic carbocycles. The molecule has 0 radical (unpaired) electrons. The molecule has 0 aliphatic rings. The van der Waals surface area contributed by atoms with Gasteiger partial charge in [0.1, 0.15) is 13.2 Å². The van der Waals surface area contributed by atoms with Crippen molar-refractivity contribution in [2.24, 2.45) is 0 Å². The van der Waals surface area contributed by atoms with Crippen molar-refractivity contribution in [3.8, 4) is 0 Å². The lowest BCUT2D eigenvalue weighted by Gasteiger charge is -2.18. The van der Waals surface area contributed by atoms with Crippen LogP contribution in [-0.4, -0.2) is 37.2 Å². The summed E-state index contributed by atoms with van der Waals surface area (Å²) in [7, 11) is 0. The lowest BCUT2D eigenvalue weighted by Crippen LogP contribution is -2.30. The van der Waals surface area contributed by atoms with Crippen molar-refractivity contribution in [3.63, 3.8) is 0 Å². The molecule has 0 saturated heterocycles. The van der Waals surface area contributed by atoms with Crippen LogP contribution in [0.1, 0.15) is 316 Å². The number of ether oxygens (including phenoxy) is 3. The first-order valence-electron chi connectivity index (χ1n) is 34.0. The van der Waals surface area contributed by atoms with Gasteiger partial charge in [-0.2, -0.15) is 0 Å². The van der Waals surface area contributed by atoms with Gasteiger partial charge in [-0.1, -0.05) is 284 Å². The summed E-state index contributed by atoms with van der Waals surface area (Å²) in [5.41, 5.74) is 0. The van der Waals surface area contributed by atoms with Gasteiger partial charge in [0.15, 0.2) is 6.10 Å². The van der Waals surface area contributed by atoms with Gasteiger partial charge in [-0.15, -0.1) is 0 Å². The first kappa shape index (κ1) is 76.8. The highest BCUT2D eigenvalue weighted by Crippen LogP contribution is 2.15. The summed E-state index contributed by atoms with van der Waals surface area (Å²) in [4.78, 5) is 38.3. The van der Waals surface area contributed by atoms with Gasteiger partial charge in [0, 0.05) is 19.3 Å². The molecule has 462 valence electrons. The predicted molar refractivity (Wildman–Crippen MR) is 353 cm³/mol. The zero-order valence-corrected chi connectivity index (χ0v) is 53.0. The van der Waals surface area contributed by atoms with Gasteiger partial charge in [0.25, 0.3) is 0 Å². The van der Waals surface area contributed by atoms with Crippen LogP contribution < -0.4 is 0 Å². The molecule has 0 heterocycles. The summed E-state index contributed by atoms with van der Waals surface area (Å²) < 4.78 is 16.9. The van der Waals surface area contributed by atoms with Crippen LogP contribution in [-0.2, 0) is 28.6 Å². The minimum atomic E-state index is -0.792. The van der Waals surface area contributed by atoms with Gasteiger partial charge in [-0.05, 0) is 135 Å². The highest BCUT2D eigenvalue weighted by Gasteiger charge is 2.19. The third-order valence-electron chi connectivity index (χ3n) is 14.4. The van der Waals surface area contributed by atoms with E-state index in [0.717, 1.165) is 135 Å². The molecule has 0 amide bonds. The zero-order chi connectivity index (χ0) is 58.5. The van der Waals surface area contributed by atoms with E-state index >= 15 is 0 Å². The molecule has 0 aromatic carbocycles. The van der Waals surface area contributed by atoms with Crippen molar-refractivity contribution in [2.75, 3.05) is 13.2 Å². The highest BCUT2D eigenvalue weighted by molar-refractivity contribution is 5.71. The maximum Gasteiger partial charge on any atom is 0.306 e. The first-order valence-corrected chi connectivity index (χ1v) is 34.0. The number of hydrogen-bond acceptors (Lipinski definition) is 6. The molecule has 0 spiro atoms. The second-order valence-corrected chi connectivity index (χ2v) is 22.3. The van der Waals surface area contributed by atoms with Gasteiger partial charge in [-0.25, -0.2) is 0 Å². The average Bonchev–Trinajstić information content (AvgIpc) is 3.47. The Morgan fingerprint density at radius 1 is 0.259 bits per heavy atom. The van der Waals surface area contributed by atoms with E-state index in [1.807, 2.05) is 0 Å². The van der Waals surface area contributed by atoms with Crippen molar-refractivity contribution in [1.82, 2.24) is 0 Å². The third-order valence-corrected chi connectivity index (χ3v) is 14.4. The minimum absolute atomic E-state index is 0.0881. The van der Waals surface area contributed by atoms with Crippen molar-refractivity contribution in [3.05, 3.63) is 122 Å². The minimum Gasteiger partial charge on any atom is -0.462 e. The topological polar surface area (TPSA) is 78.9 Å². The summed E-state index contributed by atoms with van der Waals surface area (Å²) in [6.07, 6.45) is 95.0. The molecular weight excluding hydrogens is 997 g/mol. The Morgan fingerprint density at radius 3 is 0.765 bits per heavy atom. The van der Waals surface area contributed by atoms with E-state index in [4.69, 9.17) is 14.2 Å². The van der Waals surface area contributed by atoms with Crippen LogP contribution in [0.25, 0.3) is 0 Å². The first-order chi connectivity index (χ1) is 40.0. The Kier molecular flexibility index (Phi) is 64.8. The quantitative estimate of drug-likeness (QED) is 0.0261. The van der Waals surface area contributed by atoms with E-state index in [1.54, 1.807) is 0 Å². The molecule has 0 aliphatic heterocycles. The summed E-state index contributed by atoms with van der Waals surface area (Å²) in [6.45, 7) is 6.51. The largest absolute Gasteiger partial charge is 0.462 e. The van der Waals surface area contributed by atoms with Crippen molar-refractivity contribution in [1.29, 1.82) is 0 Å². The monoisotopic (exact) mass is 1120 g/mol. The van der Waals surface area contributed by atoms with Crippen LogP contribution in [0.4, 0.5) is 0 Å². The number of carbonyl (C=O) groups excluding carboxylic acids is 3. The lowest BCUT2D eigenvalue weighted by molar-refractivity contribution is -0.167. The number of hydrogen-bond donors (Lipinski definition) is 0. The van der Waals surface area contributed by atoms with Crippen LogP contribution in [0.5, 0.6) is 0 Å².